The molecule has 1 N–H and O–H groups in total. The number of likely N-dealkylation sites (N-methyl/N-ethyl adjacent to an activating group) is 1. The Balaban J connectivity index is 1.98. The van der Waals surface area contributed by atoms with E-state index in [1.807, 2.05) is 14.1 Å². The van der Waals surface area contributed by atoms with E-state index in [1.165, 1.54) is 6.42 Å². The summed E-state index contributed by atoms with van der Waals surface area (Å²) in [6.45, 7) is 1.77. The van der Waals surface area contributed by atoms with Gasteiger partial charge in [-0.15, -0.1) is 0 Å². The van der Waals surface area contributed by atoms with Gasteiger partial charge in [-0.25, -0.2) is 4.98 Å². The molecule has 1 aromatic heterocycles. The maximum atomic E-state index is 5.60. The molecule has 1 fully saturated rings. The number of hydrogen-bond acceptors (Lipinski definition) is 5. The van der Waals surface area contributed by atoms with Crippen molar-refractivity contribution in [2.24, 2.45) is 0 Å². The first kappa shape index (κ1) is 11.1. The van der Waals surface area contributed by atoms with E-state index in [4.69, 9.17) is 4.74 Å². The van der Waals surface area contributed by atoms with Crippen LogP contribution in [0.4, 0.5) is 11.6 Å². The van der Waals surface area contributed by atoms with E-state index in [-0.39, 0.29) is 0 Å². The van der Waals surface area contributed by atoms with Gasteiger partial charge in [0.05, 0.1) is 18.5 Å². The molecular formula is C11H18N4O. The molecular weight excluding hydrogens is 204 g/mol. The molecule has 0 spiro atoms. The van der Waals surface area contributed by atoms with Crippen molar-refractivity contribution in [3.63, 3.8) is 0 Å². The van der Waals surface area contributed by atoms with Gasteiger partial charge in [0.25, 0.3) is 0 Å². The summed E-state index contributed by atoms with van der Waals surface area (Å²) >= 11 is 0. The van der Waals surface area contributed by atoms with E-state index in [0.717, 1.165) is 31.2 Å². The third kappa shape index (κ3) is 2.61. The molecule has 0 amide bonds. The van der Waals surface area contributed by atoms with Gasteiger partial charge in [-0.1, -0.05) is 0 Å². The standard InChI is InChI=1S/C11H18N4O/c1-12-10-6-13-7-11(14-10)15(2)8-9-4-3-5-16-9/h6-7,9H,3-5,8H2,1-2H3,(H,12,14). The van der Waals surface area contributed by atoms with Gasteiger partial charge in [-0.2, -0.15) is 0 Å². The van der Waals surface area contributed by atoms with E-state index < -0.39 is 0 Å². The van der Waals surface area contributed by atoms with Crippen LogP contribution in [0.15, 0.2) is 12.4 Å². The highest BCUT2D eigenvalue weighted by Gasteiger charge is 2.18. The maximum absolute atomic E-state index is 5.60. The summed E-state index contributed by atoms with van der Waals surface area (Å²) in [5.41, 5.74) is 0. The van der Waals surface area contributed by atoms with Crippen LogP contribution in [0.3, 0.4) is 0 Å². The smallest absolute Gasteiger partial charge is 0.149 e. The van der Waals surface area contributed by atoms with Gasteiger partial charge < -0.3 is 15.0 Å². The van der Waals surface area contributed by atoms with Gasteiger partial charge in [0, 0.05) is 27.2 Å². The van der Waals surface area contributed by atoms with Crippen LogP contribution in [0.25, 0.3) is 0 Å². The van der Waals surface area contributed by atoms with Crippen LogP contribution in [-0.2, 0) is 4.74 Å². The molecule has 0 radical (unpaired) electrons. The molecule has 0 aliphatic carbocycles. The summed E-state index contributed by atoms with van der Waals surface area (Å²) in [7, 11) is 3.86. The second-order valence-corrected chi connectivity index (χ2v) is 4.03. The van der Waals surface area contributed by atoms with E-state index in [0.29, 0.717) is 6.10 Å². The van der Waals surface area contributed by atoms with Crippen molar-refractivity contribution in [1.29, 1.82) is 0 Å². The normalized spacial score (nSPS) is 19.8. The predicted octanol–water partition coefficient (Wildman–Crippen LogP) is 1.13. The monoisotopic (exact) mass is 222 g/mol. The van der Waals surface area contributed by atoms with Crippen molar-refractivity contribution in [1.82, 2.24) is 9.97 Å². The van der Waals surface area contributed by atoms with Crippen LogP contribution in [0.5, 0.6) is 0 Å². The number of rotatable bonds is 4. The van der Waals surface area contributed by atoms with Crippen LogP contribution < -0.4 is 10.2 Å². The molecule has 2 rings (SSSR count). The molecule has 1 saturated heterocycles. The first-order valence-corrected chi connectivity index (χ1v) is 5.62. The van der Waals surface area contributed by atoms with Crippen molar-refractivity contribution in [2.75, 3.05) is 37.5 Å². The lowest BCUT2D eigenvalue weighted by molar-refractivity contribution is 0.116. The molecule has 0 saturated carbocycles. The largest absolute Gasteiger partial charge is 0.376 e. The Morgan fingerprint density at radius 3 is 3.12 bits per heavy atom. The molecule has 1 unspecified atom stereocenters. The second kappa shape index (κ2) is 5.12. The summed E-state index contributed by atoms with van der Waals surface area (Å²) < 4.78 is 5.60. The molecule has 0 bridgehead atoms. The minimum absolute atomic E-state index is 0.338. The molecule has 5 heteroatoms. The lowest BCUT2D eigenvalue weighted by Crippen LogP contribution is -2.29. The SMILES string of the molecule is CNc1cncc(N(C)CC2CCCO2)n1. The summed E-state index contributed by atoms with van der Waals surface area (Å²) in [4.78, 5) is 10.7. The van der Waals surface area contributed by atoms with E-state index >= 15 is 0 Å². The molecule has 88 valence electrons. The number of nitrogens with zero attached hydrogens (tertiary/aromatic N) is 3. The van der Waals surface area contributed by atoms with Crippen molar-refractivity contribution in [3.05, 3.63) is 12.4 Å². The van der Waals surface area contributed by atoms with Crippen LogP contribution >= 0.6 is 0 Å². The fourth-order valence-electron chi connectivity index (χ4n) is 1.85. The molecule has 1 atom stereocenters. The maximum Gasteiger partial charge on any atom is 0.149 e. The van der Waals surface area contributed by atoms with Crippen molar-refractivity contribution in [3.8, 4) is 0 Å². The molecule has 0 aromatic carbocycles. The quantitative estimate of drug-likeness (QED) is 0.827. The van der Waals surface area contributed by atoms with Gasteiger partial charge in [0.1, 0.15) is 11.6 Å². The highest BCUT2D eigenvalue weighted by molar-refractivity contribution is 5.42. The molecule has 5 nitrogen and oxygen atoms in total. The Morgan fingerprint density at radius 1 is 1.56 bits per heavy atom. The fraction of sp³-hybridized carbons (Fsp3) is 0.636. The Kier molecular flexibility index (Phi) is 3.56. The summed E-state index contributed by atoms with van der Waals surface area (Å²) in [5, 5.41) is 2.98. The topological polar surface area (TPSA) is 50.3 Å². The van der Waals surface area contributed by atoms with Gasteiger partial charge in [0.2, 0.25) is 0 Å². The Hall–Kier alpha value is -1.36. The molecule has 1 aromatic rings. The summed E-state index contributed by atoms with van der Waals surface area (Å²) in [6, 6.07) is 0. The first-order valence-electron chi connectivity index (χ1n) is 5.62. The zero-order chi connectivity index (χ0) is 11.4. The average molecular weight is 222 g/mol. The molecule has 2 heterocycles. The lowest BCUT2D eigenvalue weighted by Gasteiger charge is -2.21. The summed E-state index contributed by atoms with van der Waals surface area (Å²) in [5.74, 6) is 1.67. The predicted molar refractivity (Wildman–Crippen MR) is 63.8 cm³/mol. The summed E-state index contributed by atoms with van der Waals surface area (Å²) in [6.07, 6.45) is 6.13. The van der Waals surface area contributed by atoms with Gasteiger partial charge in [-0.05, 0) is 12.8 Å². The van der Waals surface area contributed by atoms with Crippen molar-refractivity contribution >= 4 is 11.6 Å². The Morgan fingerprint density at radius 2 is 2.44 bits per heavy atom. The molecule has 16 heavy (non-hydrogen) atoms. The number of aromatic nitrogens is 2. The zero-order valence-corrected chi connectivity index (χ0v) is 9.81. The van der Waals surface area contributed by atoms with Crippen LogP contribution in [0, 0.1) is 0 Å². The highest BCUT2D eigenvalue weighted by atomic mass is 16.5. The third-order valence-corrected chi connectivity index (χ3v) is 2.77. The second-order valence-electron chi connectivity index (χ2n) is 4.03. The highest BCUT2D eigenvalue weighted by Crippen LogP contribution is 2.16. The van der Waals surface area contributed by atoms with Gasteiger partial charge in [-0.3, -0.25) is 4.98 Å². The van der Waals surface area contributed by atoms with Crippen LogP contribution in [0.2, 0.25) is 0 Å². The fourth-order valence-corrected chi connectivity index (χ4v) is 1.85. The Bertz CT molecular complexity index is 339. The van der Waals surface area contributed by atoms with Crippen molar-refractivity contribution < 1.29 is 4.74 Å². The number of nitrogens with one attached hydrogen (secondary N) is 1. The third-order valence-electron chi connectivity index (χ3n) is 2.77. The minimum atomic E-state index is 0.338. The minimum Gasteiger partial charge on any atom is -0.376 e. The van der Waals surface area contributed by atoms with Gasteiger partial charge >= 0.3 is 0 Å². The number of ether oxygens (including phenoxy) is 1. The average Bonchev–Trinajstić information content (AvgIpc) is 2.82. The van der Waals surface area contributed by atoms with E-state index in [1.54, 1.807) is 12.4 Å². The number of anilines is 2. The molecule has 1 aliphatic heterocycles. The zero-order valence-electron chi connectivity index (χ0n) is 9.81. The van der Waals surface area contributed by atoms with Crippen LogP contribution in [-0.4, -0.2) is 43.3 Å². The van der Waals surface area contributed by atoms with E-state index in [9.17, 15) is 0 Å². The molecule has 1 aliphatic rings. The number of hydrogen-bond donors (Lipinski definition) is 1. The van der Waals surface area contributed by atoms with Crippen LogP contribution in [0.1, 0.15) is 12.8 Å². The van der Waals surface area contributed by atoms with E-state index in [2.05, 4.69) is 20.2 Å². The van der Waals surface area contributed by atoms with Crippen molar-refractivity contribution in [2.45, 2.75) is 18.9 Å². The lowest BCUT2D eigenvalue weighted by atomic mass is 10.2. The van der Waals surface area contributed by atoms with Gasteiger partial charge in [0.15, 0.2) is 0 Å². The Labute approximate surface area is 95.8 Å². The first-order chi connectivity index (χ1) is 7.79.